The number of aromatic nitrogens is 2. The summed E-state index contributed by atoms with van der Waals surface area (Å²) in [6.07, 6.45) is 2.45. The molecule has 1 fully saturated rings. The molecular formula is C24H25ClF2N6. The first-order valence-electron chi connectivity index (χ1n) is 10.7. The summed E-state index contributed by atoms with van der Waals surface area (Å²) in [6.45, 7) is 6.43. The Bertz CT molecular complexity index is 1160. The largest absolute Gasteiger partial charge is 0.383 e. The van der Waals surface area contributed by atoms with Crippen LogP contribution in [0.2, 0.25) is 5.02 Å². The van der Waals surface area contributed by atoms with Gasteiger partial charge in [-0.2, -0.15) is 0 Å². The van der Waals surface area contributed by atoms with Crippen LogP contribution < -0.4 is 16.4 Å². The predicted octanol–water partition coefficient (Wildman–Crippen LogP) is 4.35. The van der Waals surface area contributed by atoms with Gasteiger partial charge < -0.3 is 20.9 Å². The molecule has 0 aliphatic carbocycles. The molecule has 0 amide bonds. The molecule has 3 aromatic rings. The highest BCUT2D eigenvalue weighted by Crippen LogP contribution is 2.33. The van der Waals surface area contributed by atoms with E-state index in [4.69, 9.17) is 17.3 Å². The third kappa shape index (κ3) is 5.23. The van der Waals surface area contributed by atoms with Gasteiger partial charge in [0.15, 0.2) is 0 Å². The van der Waals surface area contributed by atoms with E-state index in [1.165, 1.54) is 18.3 Å². The molecule has 0 unspecified atom stereocenters. The molecule has 172 valence electrons. The zero-order valence-corrected chi connectivity index (χ0v) is 18.7. The lowest BCUT2D eigenvalue weighted by atomic mass is 10.1. The van der Waals surface area contributed by atoms with Crippen molar-refractivity contribution in [1.82, 2.24) is 20.2 Å². The Morgan fingerprint density at radius 2 is 2.06 bits per heavy atom. The van der Waals surface area contributed by atoms with E-state index in [2.05, 4.69) is 27.2 Å². The van der Waals surface area contributed by atoms with Gasteiger partial charge in [-0.3, -0.25) is 0 Å². The molecule has 4 N–H and O–H groups in total. The normalized spacial score (nSPS) is 15.9. The van der Waals surface area contributed by atoms with E-state index in [1.807, 2.05) is 0 Å². The lowest BCUT2D eigenvalue weighted by Crippen LogP contribution is -2.17. The molecule has 2 heterocycles. The second kappa shape index (κ2) is 10.1. The summed E-state index contributed by atoms with van der Waals surface area (Å²) in [5, 5.41) is 6.54. The number of rotatable bonds is 8. The van der Waals surface area contributed by atoms with Gasteiger partial charge in [-0.15, -0.1) is 0 Å². The Morgan fingerprint density at radius 1 is 1.27 bits per heavy atom. The van der Waals surface area contributed by atoms with Crippen molar-refractivity contribution in [1.29, 1.82) is 0 Å². The Morgan fingerprint density at radius 3 is 2.79 bits per heavy atom. The molecule has 9 heteroatoms. The van der Waals surface area contributed by atoms with Gasteiger partial charge in [-0.25, -0.2) is 18.8 Å². The first-order valence-corrected chi connectivity index (χ1v) is 11.0. The van der Waals surface area contributed by atoms with E-state index in [0.717, 1.165) is 19.5 Å². The van der Waals surface area contributed by atoms with E-state index in [9.17, 15) is 8.78 Å². The lowest BCUT2D eigenvalue weighted by molar-refractivity contribution is 0.487. The second-order valence-corrected chi connectivity index (χ2v) is 8.33. The summed E-state index contributed by atoms with van der Waals surface area (Å²) in [5.41, 5.74) is 7.49. The highest BCUT2D eigenvalue weighted by Gasteiger charge is 2.24. The molecule has 0 radical (unpaired) electrons. The minimum absolute atomic E-state index is 0.202. The fourth-order valence-corrected chi connectivity index (χ4v) is 4.07. The van der Waals surface area contributed by atoms with Crippen molar-refractivity contribution in [3.8, 4) is 11.4 Å². The maximum absolute atomic E-state index is 14.7. The molecule has 0 spiro atoms. The minimum atomic E-state index is -0.474. The third-order valence-corrected chi connectivity index (χ3v) is 5.92. The molecule has 2 aromatic carbocycles. The maximum Gasteiger partial charge on any atom is 0.146 e. The van der Waals surface area contributed by atoms with Gasteiger partial charge in [-0.05, 0) is 43.6 Å². The van der Waals surface area contributed by atoms with E-state index >= 15 is 0 Å². The SMILES string of the molecule is C=C(/N=C\c1nc(-c2c(F)cccc2Cl)n(C[C@@H]2CCNC2)c1N)NCc1ccccc1F. The van der Waals surface area contributed by atoms with Crippen LogP contribution >= 0.6 is 11.6 Å². The number of aliphatic imine (C=N–C) groups is 1. The number of nitrogen functional groups attached to an aromatic ring is 1. The van der Waals surface area contributed by atoms with Gasteiger partial charge in [0.2, 0.25) is 0 Å². The van der Waals surface area contributed by atoms with Crippen LogP contribution in [0, 0.1) is 17.6 Å². The number of nitrogens with two attached hydrogens (primary N) is 1. The third-order valence-electron chi connectivity index (χ3n) is 5.61. The van der Waals surface area contributed by atoms with Gasteiger partial charge >= 0.3 is 0 Å². The van der Waals surface area contributed by atoms with Crippen LogP contribution in [-0.4, -0.2) is 28.9 Å². The minimum Gasteiger partial charge on any atom is -0.383 e. The van der Waals surface area contributed by atoms with Crippen molar-refractivity contribution >= 4 is 23.6 Å². The number of halogens is 3. The number of imidazole rings is 1. The van der Waals surface area contributed by atoms with Crippen LogP contribution in [0.3, 0.4) is 0 Å². The van der Waals surface area contributed by atoms with Gasteiger partial charge in [0.05, 0.1) is 16.8 Å². The van der Waals surface area contributed by atoms with Crippen LogP contribution in [0.5, 0.6) is 0 Å². The van der Waals surface area contributed by atoms with Crippen molar-refractivity contribution in [2.75, 3.05) is 18.8 Å². The van der Waals surface area contributed by atoms with Crippen LogP contribution in [0.25, 0.3) is 11.4 Å². The van der Waals surface area contributed by atoms with Gasteiger partial charge in [0, 0.05) is 18.7 Å². The topological polar surface area (TPSA) is 80.3 Å². The first kappa shape index (κ1) is 22.9. The smallest absolute Gasteiger partial charge is 0.146 e. The summed E-state index contributed by atoms with van der Waals surface area (Å²) in [5.74, 6) is 0.594. The van der Waals surface area contributed by atoms with Crippen LogP contribution in [0.1, 0.15) is 17.7 Å². The maximum atomic E-state index is 14.7. The first-order chi connectivity index (χ1) is 15.9. The summed E-state index contributed by atoms with van der Waals surface area (Å²) >= 11 is 6.32. The monoisotopic (exact) mass is 470 g/mol. The lowest BCUT2D eigenvalue weighted by Gasteiger charge is -2.15. The van der Waals surface area contributed by atoms with Crippen molar-refractivity contribution in [2.45, 2.75) is 19.5 Å². The number of benzene rings is 2. The fraction of sp³-hybridized carbons (Fsp3) is 0.250. The van der Waals surface area contributed by atoms with Gasteiger partial charge in [0.1, 0.15) is 34.8 Å². The number of anilines is 1. The van der Waals surface area contributed by atoms with Crippen molar-refractivity contribution in [3.05, 3.63) is 82.8 Å². The van der Waals surface area contributed by atoms with E-state index in [-0.39, 0.29) is 22.9 Å². The molecule has 1 aromatic heterocycles. The highest BCUT2D eigenvalue weighted by molar-refractivity contribution is 6.33. The van der Waals surface area contributed by atoms with Crippen molar-refractivity contribution < 1.29 is 8.78 Å². The summed E-state index contributed by atoms with van der Waals surface area (Å²) in [7, 11) is 0. The number of nitrogens with zero attached hydrogens (tertiary/aromatic N) is 3. The molecular weight excluding hydrogens is 446 g/mol. The average Bonchev–Trinajstić information content (AvgIpc) is 3.41. The summed E-state index contributed by atoms with van der Waals surface area (Å²) in [4.78, 5) is 8.84. The molecule has 33 heavy (non-hydrogen) atoms. The summed E-state index contributed by atoms with van der Waals surface area (Å²) in [6, 6.07) is 11.0. The van der Waals surface area contributed by atoms with Crippen LogP contribution in [0.4, 0.5) is 14.6 Å². The molecule has 6 nitrogen and oxygen atoms in total. The van der Waals surface area contributed by atoms with Crippen molar-refractivity contribution in [3.63, 3.8) is 0 Å². The van der Waals surface area contributed by atoms with Crippen molar-refractivity contribution in [2.24, 2.45) is 10.9 Å². The fourth-order valence-electron chi connectivity index (χ4n) is 3.82. The quantitative estimate of drug-likeness (QED) is 0.427. The second-order valence-electron chi connectivity index (χ2n) is 7.92. The van der Waals surface area contributed by atoms with E-state index < -0.39 is 5.82 Å². The predicted molar refractivity (Wildman–Crippen MR) is 128 cm³/mol. The molecule has 0 saturated carbocycles. The molecule has 1 atom stereocenters. The molecule has 1 aliphatic rings. The number of nitrogens with one attached hydrogen (secondary N) is 2. The molecule has 1 saturated heterocycles. The van der Waals surface area contributed by atoms with Gasteiger partial charge in [-0.1, -0.05) is 42.4 Å². The standard InChI is InChI=1S/C24H25ClF2N6/c1-15(30-12-17-5-2-3-7-19(17)26)31-13-21-23(28)33(14-16-9-10-29-11-16)24(32-21)22-18(25)6-4-8-20(22)27/h2-8,13,16,29-30H,1,9-12,14,28H2/b31-13-/t16-/m1/s1. The summed E-state index contributed by atoms with van der Waals surface area (Å²) < 4.78 is 30.3. The highest BCUT2D eigenvalue weighted by atomic mass is 35.5. The Hall–Kier alpha value is -3.23. The average molecular weight is 471 g/mol. The molecule has 0 bridgehead atoms. The van der Waals surface area contributed by atoms with Crippen LogP contribution in [-0.2, 0) is 13.1 Å². The number of hydrogen-bond acceptors (Lipinski definition) is 5. The number of hydrogen-bond donors (Lipinski definition) is 3. The molecule has 4 rings (SSSR count). The Balaban J connectivity index is 1.59. The van der Waals surface area contributed by atoms with Crippen LogP contribution in [0.15, 0.2) is 59.9 Å². The van der Waals surface area contributed by atoms with Gasteiger partial charge in [0.25, 0.3) is 0 Å². The Kier molecular flexibility index (Phi) is 7.05. The zero-order chi connectivity index (χ0) is 23.4. The molecule has 1 aliphatic heterocycles. The Labute approximate surface area is 196 Å². The van der Waals surface area contributed by atoms with E-state index in [0.29, 0.717) is 41.2 Å². The zero-order valence-electron chi connectivity index (χ0n) is 18.0. The van der Waals surface area contributed by atoms with E-state index in [1.54, 1.807) is 34.9 Å².